The molecule has 1 aromatic carbocycles. The molecule has 166 valence electrons. The highest BCUT2D eigenvalue weighted by Gasteiger charge is 2.28. The Kier molecular flexibility index (Phi) is 6.65. The Hall–Kier alpha value is -2.18. The minimum Gasteiger partial charge on any atom is -0.356 e. The SMILES string of the molecule is c1ccc(CNC2NCCCC2Nc2nc3c(c(N4CCCCCC4)n2)CCC3)cc1. The van der Waals surface area contributed by atoms with Crippen molar-refractivity contribution in [2.24, 2.45) is 0 Å². The van der Waals surface area contributed by atoms with Crippen LogP contribution in [-0.4, -0.2) is 41.8 Å². The number of rotatable bonds is 6. The van der Waals surface area contributed by atoms with Crippen molar-refractivity contribution >= 4 is 11.8 Å². The Morgan fingerprint density at radius 2 is 1.77 bits per heavy atom. The van der Waals surface area contributed by atoms with Gasteiger partial charge in [0.2, 0.25) is 5.95 Å². The van der Waals surface area contributed by atoms with Gasteiger partial charge in [0.15, 0.2) is 0 Å². The van der Waals surface area contributed by atoms with E-state index in [1.165, 1.54) is 61.2 Å². The fourth-order valence-corrected chi connectivity index (χ4v) is 5.27. The highest BCUT2D eigenvalue weighted by Crippen LogP contribution is 2.31. The second-order valence-corrected chi connectivity index (χ2v) is 9.24. The minimum atomic E-state index is 0.215. The largest absolute Gasteiger partial charge is 0.356 e. The van der Waals surface area contributed by atoms with Crippen molar-refractivity contribution in [3.8, 4) is 0 Å². The molecule has 2 fully saturated rings. The van der Waals surface area contributed by atoms with Crippen LogP contribution in [0.1, 0.15) is 61.8 Å². The number of nitrogens with zero attached hydrogens (tertiary/aromatic N) is 3. The highest BCUT2D eigenvalue weighted by molar-refractivity contribution is 5.54. The van der Waals surface area contributed by atoms with Crippen molar-refractivity contribution in [1.82, 2.24) is 20.6 Å². The van der Waals surface area contributed by atoms with Crippen LogP contribution in [0.4, 0.5) is 11.8 Å². The third-order valence-electron chi connectivity index (χ3n) is 6.96. The molecular formula is C25H36N6. The molecule has 2 atom stereocenters. The summed E-state index contributed by atoms with van der Waals surface area (Å²) in [4.78, 5) is 12.6. The zero-order valence-corrected chi connectivity index (χ0v) is 18.6. The van der Waals surface area contributed by atoms with E-state index in [0.29, 0.717) is 0 Å². The van der Waals surface area contributed by atoms with Gasteiger partial charge in [0.25, 0.3) is 0 Å². The highest BCUT2D eigenvalue weighted by atomic mass is 15.3. The van der Waals surface area contributed by atoms with Crippen LogP contribution < -0.4 is 20.9 Å². The van der Waals surface area contributed by atoms with Crippen molar-refractivity contribution in [2.45, 2.75) is 76.5 Å². The van der Waals surface area contributed by atoms with Gasteiger partial charge in [-0.25, -0.2) is 4.98 Å². The zero-order chi connectivity index (χ0) is 20.9. The summed E-state index contributed by atoms with van der Waals surface area (Å²) >= 11 is 0. The van der Waals surface area contributed by atoms with Crippen molar-refractivity contribution in [2.75, 3.05) is 29.9 Å². The van der Waals surface area contributed by atoms with Gasteiger partial charge in [-0.15, -0.1) is 0 Å². The summed E-state index contributed by atoms with van der Waals surface area (Å²) < 4.78 is 0. The number of fused-ring (bicyclic) bond motifs is 1. The summed E-state index contributed by atoms with van der Waals surface area (Å²) in [6, 6.07) is 10.9. The molecule has 2 saturated heterocycles. The van der Waals surface area contributed by atoms with Gasteiger partial charge in [-0.05, 0) is 57.1 Å². The molecule has 1 aliphatic carbocycles. The summed E-state index contributed by atoms with van der Waals surface area (Å²) in [5.41, 5.74) is 3.99. The van der Waals surface area contributed by atoms with Gasteiger partial charge in [0, 0.05) is 25.2 Å². The molecule has 0 radical (unpaired) electrons. The van der Waals surface area contributed by atoms with Crippen LogP contribution in [0.2, 0.25) is 0 Å². The number of aromatic nitrogens is 2. The number of hydrogen-bond donors (Lipinski definition) is 3. The zero-order valence-electron chi connectivity index (χ0n) is 18.6. The van der Waals surface area contributed by atoms with Gasteiger partial charge < -0.3 is 15.5 Å². The lowest BCUT2D eigenvalue weighted by atomic mass is 10.0. The Balaban J connectivity index is 1.32. The van der Waals surface area contributed by atoms with Crippen molar-refractivity contribution < 1.29 is 0 Å². The summed E-state index contributed by atoms with van der Waals surface area (Å²) in [5.74, 6) is 2.03. The number of piperidine rings is 1. The lowest BCUT2D eigenvalue weighted by Crippen LogP contribution is -2.56. The number of hydrogen-bond acceptors (Lipinski definition) is 6. The molecule has 0 amide bonds. The molecule has 1 aromatic heterocycles. The summed E-state index contributed by atoms with van der Waals surface area (Å²) in [7, 11) is 0. The first-order chi connectivity index (χ1) is 15.4. The minimum absolute atomic E-state index is 0.215. The molecule has 2 aliphatic heterocycles. The standard InChI is InChI=1S/C25H36N6/c1-2-7-17-31(16-6-1)24-20-12-8-13-21(20)28-25(30-24)29-22-14-9-15-26-23(22)27-18-19-10-4-3-5-11-19/h3-5,10-11,22-23,26-27H,1-2,6-9,12-18H2,(H,28,29,30). The van der Waals surface area contributed by atoms with Crippen molar-refractivity contribution in [3.05, 3.63) is 47.2 Å². The number of anilines is 2. The average Bonchev–Trinajstić information content (AvgIpc) is 3.11. The molecule has 2 aromatic rings. The van der Waals surface area contributed by atoms with Crippen LogP contribution in [-0.2, 0) is 19.4 Å². The summed E-state index contributed by atoms with van der Waals surface area (Å²) in [6.45, 7) is 4.18. The van der Waals surface area contributed by atoms with Crippen LogP contribution in [0.15, 0.2) is 30.3 Å². The van der Waals surface area contributed by atoms with E-state index in [2.05, 4.69) is 51.2 Å². The van der Waals surface area contributed by atoms with Gasteiger partial charge >= 0.3 is 0 Å². The second kappa shape index (κ2) is 9.96. The first-order valence-corrected chi connectivity index (χ1v) is 12.3. The fraction of sp³-hybridized carbons (Fsp3) is 0.600. The van der Waals surface area contributed by atoms with E-state index < -0.39 is 0 Å². The molecule has 3 heterocycles. The van der Waals surface area contributed by atoms with Crippen LogP contribution in [0.3, 0.4) is 0 Å². The normalized spacial score (nSPS) is 23.9. The lowest BCUT2D eigenvalue weighted by Gasteiger charge is -2.34. The van der Waals surface area contributed by atoms with E-state index in [1.807, 2.05) is 0 Å². The molecule has 0 bridgehead atoms. The van der Waals surface area contributed by atoms with Crippen LogP contribution in [0, 0.1) is 0 Å². The Morgan fingerprint density at radius 1 is 0.935 bits per heavy atom. The molecule has 0 spiro atoms. The predicted molar refractivity (Wildman–Crippen MR) is 126 cm³/mol. The maximum atomic E-state index is 5.10. The van der Waals surface area contributed by atoms with Crippen molar-refractivity contribution in [1.29, 1.82) is 0 Å². The van der Waals surface area contributed by atoms with E-state index in [1.54, 1.807) is 0 Å². The molecule has 5 rings (SSSR count). The molecule has 6 heteroatoms. The fourth-order valence-electron chi connectivity index (χ4n) is 5.27. The molecule has 31 heavy (non-hydrogen) atoms. The quantitative estimate of drug-likeness (QED) is 0.663. The van der Waals surface area contributed by atoms with E-state index in [4.69, 9.17) is 9.97 Å². The summed E-state index contributed by atoms with van der Waals surface area (Å²) in [6.07, 6.45) is 11.2. The van der Waals surface area contributed by atoms with Gasteiger partial charge in [-0.3, -0.25) is 5.32 Å². The third-order valence-corrected chi connectivity index (χ3v) is 6.96. The number of benzene rings is 1. The van der Waals surface area contributed by atoms with Crippen LogP contribution in [0.25, 0.3) is 0 Å². The van der Waals surface area contributed by atoms with E-state index in [-0.39, 0.29) is 12.2 Å². The van der Waals surface area contributed by atoms with Crippen molar-refractivity contribution in [3.63, 3.8) is 0 Å². The second-order valence-electron chi connectivity index (χ2n) is 9.24. The van der Waals surface area contributed by atoms with Crippen LogP contribution in [0.5, 0.6) is 0 Å². The molecular weight excluding hydrogens is 384 g/mol. The van der Waals surface area contributed by atoms with Gasteiger partial charge in [-0.1, -0.05) is 43.2 Å². The predicted octanol–water partition coefficient (Wildman–Crippen LogP) is 3.63. The Labute approximate surface area is 186 Å². The maximum Gasteiger partial charge on any atom is 0.225 e. The number of nitrogens with one attached hydrogen (secondary N) is 3. The van der Waals surface area contributed by atoms with E-state index >= 15 is 0 Å². The maximum absolute atomic E-state index is 5.10. The first kappa shape index (κ1) is 20.7. The molecule has 3 N–H and O–H groups in total. The van der Waals surface area contributed by atoms with Gasteiger partial charge in [0.1, 0.15) is 5.82 Å². The smallest absolute Gasteiger partial charge is 0.225 e. The van der Waals surface area contributed by atoms with Gasteiger partial charge in [-0.2, -0.15) is 4.98 Å². The Bertz CT molecular complexity index is 847. The number of aryl methyl sites for hydroxylation is 1. The Morgan fingerprint density at radius 3 is 2.61 bits per heavy atom. The molecule has 3 aliphatic rings. The third kappa shape index (κ3) is 5.01. The van der Waals surface area contributed by atoms with Gasteiger partial charge in [0.05, 0.1) is 17.9 Å². The summed E-state index contributed by atoms with van der Waals surface area (Å²) in [5, 5.41) is 11.1. The molecule has 2 unspecified atom stereocenters. The monoisotopic (exact) mass is 420 g/mol. The molecule has 0 saturated carbocycles. The van der Waals surface area contributed by atoms with E-state index in [9.17, 15) is 0 Å². The van der Waals surface area contributed by atoms with Crippen LogP contribution >= 0.6 is 0 Å². The lowest BCUT2D eigenvalue weighted by molar-refractivity contribution is 0.314. The van der Waals surface area contributed by atoms with E-state index in [0.717, 1.165) is 51.4 Å². The molecule has 6 nitrogen and oxygen atoms in total. The average molecular weight is 421 g/mol. The topological polar surface area (TPSA) is 65.1 Å². The first-order valence-electron chi connectivity index (χ1n) is 12.3.